The Kier molecular flexibility index (Phi) is 4.01. The summed E-state index contributed by atoms with van der Waals surface area (Å²) >= 11 is 5.62. The van der Waals surface area contributed by atoms with Gasteiger partial charge in [0.15, 0.2) is 0 Å². The maximum absolute atomic E-state index is 10.6. The van der Waals surface area contributed by atoms with Crippen LogP contribution in [0.4, 0.5) is 5.69 Å². The Balaban J connectivity index is 3.43. The molecule has 0 radical (unpaired) electrons. The van der Waals surface area contributed by atoms with Gasteiger partial charge < -0.3 is 5.11 Å². The van der Waals surface area contributed by atoms with Crippen molar-refractivity contribution in [3.05, 3.63) is 38.9 Å². The lowest BCUT2D eigenvalue weighted by atomic mass is 9.99. The quantitative estimate of drug-likeness (QED) is 0.501. The van der Waals surface area contributed by atoms with Crippen molar-refractivity contribution in [3.8, 4) is 6.07 Å². The van der Waals surface area contributed by atoms with E-state index in [1.54, 1.807) is 6.07 Å². The number of carboxylic acids is 1. The van der Waals surface area contributed by atoms with E-state index in [1.807, 2.05) is 0 Å². The molecule has 1 aromatic rings. The zero-order valence-corrected chi connectivity index (χ0v) is 9.27. The third-order valence-electron chi connectivity index (χ3n) is 2.13. The van der Waals surface area contributed by atoms with E-state index >= 15 is 0 Å². The highest BCUT2D eigenvalue weighted by atomic mass is 35.5. The van der Waals surface area contributed by atoms with Crippen LogP contribution in [-0.2, 0) is 17.1 Å². The van der Waals surface area contributed by atoms with Crippen LogP contribution in [0.1, 0.15) is 16.7 Å². The molecule has 0 aliphatic rings. The molecule has 0 unspecified atom stereocenters. The summed E-state index contributed by atoms with van der Waals surface area (Å²) < 4.78 is 0. The van der Waals surface area contributed by atoms with Crippen LogP contribution in [0.15, 0.2) is 12.1 Å². The van der Waals surface area contributed by atoms with E-state index in [9.17, 15) is 14.9 Å². The smallest absolute Gasteiger partial charge is 0.307 e. The van der Waals surface area contributed by atoms with Crippen LogP contribution in [-0.4, -0.2) is 16.0 Å². The summed E-state index contributed by atoms with van der Waals surface area (Å²) in [6.45, 7) is 0. The van der Waals surface area contributed by atoms with Crippen molar-refractivity contribution in [1.82, 2.24) is 0 Å². The SMILES string of the molecule is N#Cc1cc([N+](=O)[O-])cc(CC(=O)O)c1CCl. The number of nitro groups is 1. The maximum Gasteiger partial charge on any atom is 0.307 e. The molecule has 7 heteroatoms. The summed E-state index contributed by atoms with van der Waals surface area (Å²) in [5, 5.41) is 28.1. The van der Waals surface area contributed by atoms with Crippen LogP contribution in [0.25, 0.3) is 0 Å². The lowest BCUT2D eigenvalue weighted by Gasteiger charge is -2.06. The lowest BCUT2D eigenvalue weighted by molar-refractivity contribution is -0.384. The number of hydrogen-bond acceptors (Lipinski definition) is 4. The maximum atomic E-state index is 10.6. The van der Waals surface area contributed by atoms with E-state index in [1.165, 1.54) is 0 Å². The van der Waals surface area contributed by atoms with E-state index < -0.39 is 17.3 Å². The molecule has 17 heavy (non-hydrogen) atoms. The Bertz CT molecular complexity index is 522. The first-order valence-electron chi connectivity index (χ1n) is 4.47. The first-order chi connectivity index (χ1) is 7.99. The van der Waals surface area contributed by atoms with Gasteiger partial charge in [0.25, 0.3) is 5.69 Å². The number of rotatable bonds is 4. The van der Waals surface area contributed by atoms with E-state index in [0.717, 1.165) is 12.1 Å². The van der Waals surface area contributed by atoms with E-state index in [2.05, 4.69) is 0 Å². The first-order valence-corrected chi connectivity index (χ1v) is 5.01. The molecule has 6 nitrogen and oxygen atoms in total. The molecule has 88 valence electrons. The Hall–Kier alpha value is -2.13. The Morgan fingerprint density at radius 1 is 1.59 bits per heavy atom. The highest BCUT2D eigenvalue weighted by Crippen LogP contribution is 2.24. The molecule has 0 aliphatic carbocycles. The highest BCUT2D eigenvalue weighted by Gasteiger charge is 2.17. The second kappa shape index (κ2) is 5.27. The molecule has 0 atom stereocenters. The van der Waals surface area contributed by atoms with Gasteiger partial charge >= 0.3 is 5.97 Å². The topological polar surface area (TPSA) is 104 Å². The zero-order valence-electron chi connectivity index (χ0n) is 8.51. The van der Waals surface area contributed by atoms with Crippen molar-refractivity contribution in [2.24, 2.45) is 0 Å². The van der Waals surface area contributed by atoms with Crippen molar-refractivity contribution in [3.63, 3.8) is 0 Å². The molecule has 0 saturated heterocycles. The molecule has 0 aromatic heterocycles. The number of nitro benzene ring substituents is 1. The number of non-ortho nitro benzene ring substituents is 1. The van der Waals surface area contributed by atoms with Gasteiger partial charge in [-0.15, -0.1) is 11.6 Å². The second-order valence-corrected chi connectivity index (χ2v) is 3.47. The fraction of sp³-hybridized carbons (Fsp3) is 0.200. The van der Waals surface area contributed by atoms with Gasteiger partial charge in [0.2, 0.25) is 0 Å². The number of nitriles is 1. The third kappa shape index (κ3) is 2.92. The average molecular weight is 255 g/mol. The number of carbonyl (C=O) groups is 1. The van der Waals surface area contributed by atoms with Gasteiger partial charge in [-0.25, -0.2) is 0 Å². The van der Waals surface area contributed by atoms with Crippen LogP contribution < -0.4 is 0 Å². The number of aliphatic carboxylic acids is 1. The number of carboxylic acid groups (broad SMARTS) is 1. The van der Waals surface area contributed by atoms with Crippen LogP contribution >= 0.6 is 11.6 Å². The van der Waals surface area contributed by atoms with Gasteiger partial charge in [-0.3, -0.25) is 14.9 Å². The molecular formula is C10H7ClN2O4. The lowest BCUT2D eigenvalue weighted by Crippen LogP contribution is -2.06. The molecular weight excluding hydrogens is 248 g/mol. The summed E-state index contributed by atoms with van der Waals surface area (Å²) in [5.41, 5.74) is 0.234. The zero-order chi connectivity index (χ0) is 13.0. The standard InChI is InChI=1S/C10H7ClN2O4/c11-4-9-6(3-10(14)15)1-8(13(16)17)2-7(9)5-12/h1-2H,3-4H2,(H,14,15). The summed E-state index contributed by atoms with van der Waals surface area (Å²) in [6.07, 6.45) is -0.404. The summed E-state index contributed by atoms with van der Waals surface area (Å²) in [6, 6.07) is 3.99. The molecule has 1 N–H and O–H groups in total. The number of nitrogens with zero attached hydrogens (tertiary/aromatic N) is 2. The third-order valence-corrected chi connectivity index (χ3v) is 2.40. The van der Waals surface area contributed by atoms with Gasteiger partial charge in [-0.1, -0.05) is 0 Å². The molecule has 0 bridgehead atoms. The second-order valence-electron chi connectivity index (χ2n) is 3.20. The predicted octanol–water partition coefficient (Wildman–Crippen LogP) is 1.83. The Labute approximate surface area is 101 Å². The van der Waals surface area contributed by atoms with Crippen molar-refractivity contribution in [2.75, 3.05) is 0 Å². The largest absolute Gasteiger partial charge is 0.481 e. The number of benzene rings is 1. The molecule has 0 spiro atoms. The Morgan fingerprint density at radius 3 is 2.65 bits per heavy atom. The fourth-order valence-electron chi connectivity index (χ4n) is 1.40. The van der Waals surface area contributed by atoms with Crippen molar-refractivity contribution >= 4 is 23.3 Å². The molecule has 0 aliphatic heterocycles. The predicted molar refractivity (Wildman–Crippen MR) is 58.7 cm³/mol. The van der Waals surface area contributed by atoms with Crippen molar-refractivity contribution in [2.45, 2.75) is 12.3 Å². The molecule has 0 saturated carbocycles. The van der Waals surface area contributed by atoms with Crippen LogP contribution in [0.5, 0.6) is 0 Å². The average Bonchev–Trinajstić information content (AvgIpc) is 2.26. The van der Waals surface area contributed by atoms with Crippen molar-refractivity contribution < 1.29 is 14.8 Å². The number of alkyl halides is 1. The summed E-state index contributed by atoms with van der Waals surface area (Å²) in [7, 11) is 0. The first kappa shape index (κ1) is 12.9. The minimum absolute atomic E-state index is 0.0328. The normalized spacial score (nSPS) is 9.65. The van der Waals surface area contributed by atoms with Crippen LogP contribution in [0, 0.1) is 21.4 Å². The monoisotopic (exact) mass is 254 g/mol. The van der Waals surface area contributed by atoms with E-state index in [4.69, 9.17) is 22.0 Å². The number of hydrogen-bond donors (Lipinski definition) is 1. The van der Waals surface area contributed by atoms with Gasteiger partial charge in [0.05, 0.1) is 23.0 Å². The molecule has 0 heterocycles. The summed E-state index contributed by atoms with van der Waals surface area (Å²) in [4.78, 5) is 20.6. The fourth-order valence-corrected chi connectivity index (χ4v) is 1.71. The van der Waals surface area contributed by atoms with Gasteiger partial charge in [-0.05, 0) is 11.1 Å². The van der Waals surface area contributed by atoms with Crippen molar-refractivity contribution in [1.29, 1.82) is 5.26 Å². The summed E-state index contributed by atoms with van der Waals surface area (Å²) in [5.74, 6) is -1.20. The molecule has 1 aromatic carbocycles. The van der Waals surface area contributed by atoms with Crippen LogP contribution in [0.2, 0.25) is 0 Å². The van der Waals surface area contributed by atoms with Gasteiger partial charge in [-0.2, -0.15) is 5.26 Å². The molecule has 0 amide bonds. The van der Waals surface area contributed by atoms with Gasteiger partial charge in [0.1, 0.15) is 0 Å². The minimum atomic E-state index is -1.14. The highest BCUT2D eigenvalue weighted by molar-refractivity contribution is 6.17. The van der Waals surface area contributed by atoms with E-state index in [0.29, 0.717) is 5.56 Å². The molecule has 0 fully saturated rings. The van der Waals surface area contributed by atoms with E-state index in [-0.39, 0.29) is 22.7 Å². The van der Waals surface area contributed by atoms with Gasteiger partial charge in [0, 0.05) is 18.0 Å². The molecule has 1 rings (SSSR count). The number of halogens is 1. The van der Waals surface area contributed by atoms with Crippen LogP contribution in [0.3, 0.4) is 0 Å². The Morgan fingerprint density at radius 2 is 2.24 bits per heavy atom. The minimum Gasteiger partial charge on any atom is -0.481 e.